The topological polar surface area (TPSA) is 49.4 Å². The van der Waals surface area contributed by atoms with E-state index in [-0.39, 0.29) is 36.5 Å². The maximum atomic E-state index is 13.1. The molecule has 2 amide bonds. The highest BCUT2D eigenvalue weighted by molar-refractivity contribution is 5.97. The van der Waals surface area contributed by atoms with E-state index in [1.165, 1.54) is 12.1 Å². The third kappa shape index (κ3) is 3.67. The van der Waals surface area contributed by atoms with Crippen molar-refractivity contribution in [1.82, 2.24) is 5.32 Å². The number of nitrogens with zero attached hydrogens (tertiary/aromatic N) is 1. The first-order chi connectivity index (χ1) is 13.1. The summed E-state index contributed by atoms with van der Waals surface area (Å²) in [5, 5.41) is 5.12. The maximum Gasteiger partial charge on any atom is 0.229 e. The summed E-state index contributed by atoms with van der Waals surface area (Å²) in [6, 6.07) is 19.4. The lowest BCUT2D eigenvalue weighted by Gasteiger charge is -2.17. The number of benzene rings is 3. The van der Waals surface area contributed by atoms with E-state index in [4.69, 9.17) is 0 Å². The van der Waals surface area contributed by atoms with Gasteiger partial charge in [0.05, 0.1) is 12.5 Å². The Hall–Kier alpha value is -3.21. The van der Waals surface area contributed by atoms with Crippen molar-refractivity contribution < 1.29 is 14.0 Å². The lowest BCUT2D eigenvalue weighted by molar-refractivity contribution is -0.121. The molecule has 1 aliphatic rings. The van der Waals surface area contributed by atoms with Crippen LogP contribution in [0.15, 0.2) is 66.7 Å². The van der Waals surface area contributed by atoms with E-state index >= 15 is 0 Å². The smallest absolute Gasteiger partial charge is 0.229 e. The molecule has 136 valence electrons. The van der Waals surface area contributed by atoms with E-state index in [9.17, 15) is 14.0 Å². The van der Waals surface area contributed by atoms with Crippen molar-refractivity contribution in [1.29, 1.82) is 0 Å². The van der Waals surface area contributed by atoms with Crippen LogP contribution in [0.1, 0.15) is 12.0 Å². The highest BCUT2D eigenvalue weighted by atomic mass is 19.1. The van der Waals surface area contributed by atoms with E-state index in [2.05, 4.69) is 5.32 Å². The number of halogens is 1. The SMILES string of the molecule is O=C(Cc1cccc2ccccc12)N[C@H]1CC(=O)N(c2ccc(F)cc2)C1. The molecule has 0 radical (unpaired) electrons. The fourth-order valence-corrected chi connectivity index (χ4v) is 3.57. The summed E-state index contributed by atoms with van der Waals surface area (Å²) in [7, 11) is 0. The molecule has 0 aromatic heterocycles. The minimum absolute atomic E-state index is 0.0722. The Labute approximate surface area is 156 Å². The van der Waals surface area contributed by atoms with Gasteiger partial charge in [-0.05, 0) is 40.6 Å². The van der Waals surface area contributed by atoms with Gasteiger partial charge >= 0.3 is 0 Å². The van der Waals surface area contributed by atoms with Gasteiger partial charge in [0.25, 0.3) is 0 Å². The lowest BCUT2D eigenvalue weighted by atomic mass is 10.0. The standard InChI is InChI=1S/C22H19FN2O2/c23-17-8-10-19(11-9-17)25-14-18(13-22(25)27)24-21(26)12-16-6-3-5-15-4-1-2-7-20(15)16/h1-11,18H,12-14H2,(H,24,26)/t18-/m0/s1. The predicted octanol–water partition coefficient (Wildman–Crippen LogP) is 3.44. The van der Waals surface area contributed by atoms with Crippen LogP contribution in [0.5, 0.6) is 0 Å². The summed E-state index contributed by atoms with van der Waals surface area (Å²) in [4.78, 5) is 26.4. The van der Waals surface area contributed by atoms with Crippen LogP contribution in [0.3, 0.4) is 0 Å². The quantitative estimate of drug-likeness (QED) is 0.773. The Bertz CT molecular complexity index is 995. The van der Waals surface area contributed by atoms with Crippen LogP contribution in [-0.4, -0.2) is 24.4 Å². The van der Waals surface area contributed by atoms with Crippen LogP contribution >= 0.6 is 0 Å². The zero-order valence-corrected chi connectivity index (χ0v) is 14.7. The molecule has 0 spiro atoms. The Morgan fingerprint density at radius 1 is 1.04 bits per heavy atom. The third-order valence-electron chi connectivity index (χ3n) is 4.86. The first kappa shape index (κ1) is 17.2. The lowest BCUT2D eigenvalue weighted by Crippen LogP contribution is -2.38. The number of fused-ring (bicyclic) bond motifs is 1. The molecule has 5 heteroatoms. The Morgan fingerprint density at radius 3 is 2.59 bits per heavy atom. The molecule has 1 fully saturated rings. The van der Waals surface area contributed by atoms with Crippen molar-refractivity contribution in [2.75, 3.05) is 11.4 Å². The fraction of sp³-hybridized carbons (Fsp3) is 0.182. The van der Waals surface area contributed by atoms with Crippen LogP contribution in [0.25, 0.3) is 10.8 Å². The summed E-state index contributed by atoms with van der Waals surface area (Å²) in [6.45, 7) is 0.395. The zero-order valence-electron chi connectivity index (χ0n) is 14.7. The van der Waals surface area contributed by atoms with Gasteiger partial charge in [0.15, 0.2) is 0 Å². The van der Waals surface area contributed by atoms with Gasteiger partial charge < -0.3 is 10.2 Å². The zero-order chi connectivity index (χ0) is 18.8. The van der Waals surface area contributed by atoms with Gasteiger partial charge in [-0.15, -0.1) is 0 Å². The highest BCUT2D eigenvalue weighted by Gasteiger charge is 2.31. The molecule has 3 aromatic carbocycles. The van der Waals surface area contributed by atoms with Crippen LogP contribution in [0.4, 0.5) is 10.1 Å². The van der Waals surface area contributed by atoms with E-state index in [1.54, 1.807) is 17.0 Å². The molecule has 1 saturated heterocycles. The average molecular weight is 362 g/mol. The van der Waals surface area contributed by atoms with Gasteiger partial charge in [-0.2, -0.15) is 0 Å². The monoisotopic (exact) mass is 362 g/mol. The predicted molar refractivity (Wildman–Crippen MR) is 103 cm³/mol. The van der Waals surface area contributed by atoms with Gasteiger partial charge in [0, 0.05) is 18.7 Å². The van der Waals surface area contributed by atoms with Gasteiger partial charge in [0.2, 0.25) is 11.8 Å². The molecule has 0 unspecified atom stereocenters. The highest BCUT2D eigenvalue weighted by Crippen LogP contribution is 2.22. The first-order valence-corrected chi connectivity index (χ1v) is 8.92. The van der Waals surface area contributed by atoms with E-state index in [0.717, 1.165) is 16.3 Å². The molecular weight excluding hydrogens is 343 g/mol. The number of carbonyl (C=O) groups excluding carboxylic acids is 2. The second kappa shape index (κ2) is 7.19. The van der Waals surface area contributed by atoms with E-state index < -0.39 is 0 Å². The Kier molecular flexibility index (Phi) is 4.59. The molecule has 4 rings (SSSR count). The molecule has 0 bridgehead atoms. The minimum Gasteiger partial charge on any atom is -0.351 e. The second-order valence-corrected chi connectivity index (χ2v) is 6.76. The van der Waals surface area contributed by atoms with Gasteiger partial charge in [-0.25, -0.2) is 4.39 Å². The molecule has 4 nitrogen and oxygen atoms in total. The van der Waals surface area contributed by atoms with Crippen LogP contribution in [0, 0.1) is 5.82 Å². The summed E-state index contributed by atoms with van der Waals surface area (Å²) in [5.74, 6) is -0.521. The van der Waals surface area contributed by atoms with Gasteiger partial charge in [-0.1, -0.05) is 42.5 Å². The number of hydrogen-bond acceptors (Lipinski definition) is 2. The van der Waals surface area contributed by atoms with E-state index in [0.29, 0.717) is 12.2 Å². The average Bonchev–Trinajstić information content (AvgIpc) is 3.02. The third-order valence-corrected chi connectivity index (χ3v) is 4.86. The molecule has 1 aliphatic heterocycles. The van der Waals surface area contributed by atoms with Crippen molar-refractivity contribution in [2.24, 2.45) is 0 Å². The summed E-state index contributed by atoms with van der Waals surface area (Å²) < 4.78 is 13.1. The summed E-state index contributed by atoms with van der Waals surface area (Å²) in [6.07, 6.45) is 0.515. The van der Waals surface area contributed by atoms with Crippen molar-refractivity contribution in [3.8, 4) is 0 Å². The Balaban J connectivity index is 1.43. The molecule has 3 aromatic rings. The number of rotatable bonds is 4. The molecule has 0 aliphatic carbocycles. The van der Waals surface area contributed by atoms with Gasteiger partial charge in [-0.3, -0.25) is 9.59 Å². The van der Waals surface area contributed by atoms with Crippen molar-refractivity contribution >= 4 is 28.3 Å². The van der Waals surface area contributed by atoms with E-state index in [1.807, 2.05) is 42.5 Å². The Morgan fingerprint density at radius 2 is 1.78 bits per heavy atom. The molecule has 1 heterocycles. The first-order valence-electron chi connectivity index (χ1n) is 8.92. The molecule has 1 atom stereocenters. The number of amides is 2. The minimum atomic E-state index is -0.342. The summed E-state index contributed by atoms with van der Waals surface area (Å²) >= 11 is 0. The molecule has 0 saturated carbocycles. The second-order valence-electron chi connectivity index (χ2n) is 6.76. The number of hydrogen-bond donors (Lipinski definition) is 1. The van der Waals surface area contributed by atoms with Crippen LogP contribution in [-0.2, 0) is 16.0 Å². The largest absolute Gasteiger partial charge is 0.351 e. The van der Waals surface area contributed by atoms with Gasteiger partial charge in [0.1, 0.15) is 5.82 Å². The fourth-order valence-electron chi connectivity index (χ4n) is 3.57. The number of carbonyl (C=O) groups is 2. The number of nitrogens with one attached hydrogen (secondary N) is 1. The number of anilines is 1. The molecule has 27 heavy (non-hydrogen) atoms. The summed E-state index contributed by atoms with van der Waals surface area (Å²) in [5.41, 5.74) is 1.61. The van der Waals surface area contributed by atoms with Crippen molar-refractivity contribution in [3.63, 3.8) is 0 Å². The van der Waals surface area contributed by atoms with Crippen molar-refractivity contribution in [3.05, 3.63) is 78.1 Å². The normalized spacial score (nSPS) is 16.7. The van der Waals surface area contributed by atoms with Crippen molar-refractivity contribution in [2.45, 2.75) is 18.9 Å². The van der Waals surface area contributed by atoms with Crippen LogP contribution in [0.2, 0.25) is 0 Å². The molecule has 1 N–H and O–H groups in total. The maximum absolute atomic E-state index is 13.1. The van der Waals surface area contributed by atoms with Crippen LogP contribution < -0.4 is 10.2 Å². The molecular formula is C22H19FN2O2.